The molecule has 0 unspecified atom stereocenters. The minimum atomic E-state index is -3.66. The van der Waals surface area contributed by atoms with Crippen molar-refractivity contribution in [2.75, 3.05) is 27.4 Å². The lowest BCUT2D eigenvalue weighted by molar-refractivity contribution is -0.0775. The van der Waals surface area contributed by atoms with E-state index >= 15 is 0 Å². The number of carbonyl (C=O) groups is 1. The van der Waals surface area contributed by atoms with E-state index in [4.69, 9.17) is 9.47 Å². The molecule has 0 radical (unpaired) electrons. The van der Waals surface area contributed by atoms with Crippen molar-refractivity contribution in [3.8, 4) is 0 Å². The molecule has 1 aliphatic carbocycles. The summed E-state index contributed by atoms with van der Waals surface area (Å²) in [5.41, 5.74) is 0. The van der Waals surface area contributed by atoms with E-state index in [1.165, 1.54) is 18.5 Å². The lowest BCUT2D eigenvalue weighted by atomic mass is 9.68. The highest BCUT2D eigenvalue weighted by atomic mass is 32.2. The predicted octanol–water partition coefficient (Wildman–Crippen LogP) is 0.436. The SMILES string of the molecule is CNC(=O)c1cc(S(=O)(=O)N[C@@H]2[C@@H](COC)[C@H]3OCC[C@@H]23)cs1. The average Bonchev–Trinajstić information content (AvgIpc) is 3.17. The first-order valence-electron chi connectivity index (χ1n) is 7.41. The molecule has 1 amide bonds. The third-order valence-corrected chi connectivity index (χ3v) is 7.03. The van der Waals surface area contributed by atoms with Crippen molar-refractivity contribution in [3.05, 3.63) is 16.3 Å². The lowest BCUT2D eigenvalue weighted by Crippen LogP contribution is -2.62. The third kappa shape index (κ3) is 3.03. The molecule has 1 aliphatic heterocycles. The zero-order valence-corrected chi connectivity index (χ0v) is 14.6. The Balaban J connectivity index is 1.75. The van der Waals surface area contributed by atoms with Crippen molar-refractivity contribution in [2.24, 2.45) is 11.8 Å². The van der Waals surface area contributed by atoms with Crippen LogP contribution in [0.5, 0.6) is 0 Å². The first-order valence-corrected chi connectivity index (χ1v) is 9.77. The Labute approximate surface area is 139 Å². The fourth-order valence-electron chi connectivity index (χ4n) is 3.34. The topological polar surface area (TPSA) is 93.7 Å². The Hall–Kier alpha value is -1.00. The van der Waals surface area contributed by atoms with Crippen LogP contribution in [0, 0.1) is 11.8 Å². The molecule has 128 valence electrons. The Bertz CT molecular complexity index is 687. The average molecular weight is 360 g/mol. The zero-order chi connectivity index (χ0) is 16.6. The number of rotatable bonds is 6. The summed E-state index contributed by atoms with van der Waals surface area (Å²) in [5.74, 6) is -0.0668. The van der Waals surface area contributed by atoms with Gasteiger partial charge in [0.05, 0.1) is 22.5 Å². The number of methoxy groups -OCH3 is 1. The van der Waals surface area contributed by atoms with Crippen LogP contribution >= 0.6 is 11.3 Å². The van der Waals surface area contributed by atoms with Gasteiger partial charge < -0.3 is 14.8 Å². The molecule has 1 saturated carbocycles. The molecular weight excluding hydrogens is 340 g/mol. The second-order valence-electron chi connectivity index (χ2n) is 5.78. The molecule has 2 heterocycles. The van der Waals surface area contributed by atoms with Crippen LogP contribution in [-0.2, 0) is 19.5 Å². The smallest absolute Gasteiger partial charge is 0.261 e. The van der Waals surface area contributed by atoms with Gasteiger partial charge in [-0.05, 0) is 12.5 Å². The van der Waals surface area contributed by atoms with Crippen LogP contribution in [0.15, 0.2) is 16.3 Å². The Kier molecular flexibility index (Phi) is 4.75. The maximum atomic E-state index is 12.6. The molecule has 7 nitrogen and oxygen atoms in total. The molecule has 23 heavy (non-hydrogen) atoms. The van der Waals surface area contributed by atoms with Gasteiger partial charge in [0.1, 0.15) is 0 Å². The van der Waals surface area contributed by atoms with E-state index in [2.05, 4.69) is 10.0 Å². The molecule has 4 atom stereocenters. The molecule has 1 aromatic rings. The van der Waals surface area contributed by atoms with Gasteiger partial charge in [-0.1, -0.05) is 0 Å². The van der Waals surface area contributed by atoms with Gasteiger partial charge in [-0.3, -0.25) is 4.79 Å². The summed E-state index contributed by atoms with van der Waals surface area (Å²) in [4.78, 5) is 12.1. The van der Waals surface area contributed by atoms with E-state index in [0.717, 1.165) is 17.8 Å². The number of fused-ring (bicyclic) bond motifs is 1. The molecule has 0 spiro atoms. The monoisotopic (exact) mass is 360 g/mol. The number of ether oxygens (including phenoxy) is 2. The highest BCUT2D eigenvalue weighted by Crippen LogP contribution is 2.44. The molecule has 0 bridgehead atoms. The van der Waals surface area contributed by atoms with Crippen LogP contribution in [0.3, 0.4) is 0 Å². The summed E-state index contributed by atoms with van der Waals surface area (Å²) in [6.07, 6.45) is 0.928. The minimum absolute atomic E-state index is 0.0271. The van der Waals surface area contributed by atoms with Gasteiger partial charge in [0.2, 0.25) is 10.0 Å². The van der Waals surface area contributed by atoms with E-state index in [9.17, 15) is 13.2 Å². The number of nitrogens with one attached hydrogen (secondary N) is 2. The largest absolute Gasteiger partial charge is 0.384 e. The summed E-state index contributed by atoms with van der Waals surface area (Å²) in [6.45, 7) is 1.12. The van der Waals surface area contributed by atoms with E-state index in [1.54, 1.807) is 7.11 Å². The molecule has 3 rings (SSSR count). The lowest BCUT2D eigenvalue weighted by Gasteiger charge is -2.47. The van der Waals surface area contributed by atoms with Crippen LogP contribution in [0.25, 0.3) is 0 Å². The van der Waals surface area contributed by atoms with Crippen molar-refractivity contribution in [3.63, 3.8) is 0 Å². The maximum absolute atomic E-state index is 12.6. The number of sulfonamides is 1. The van der Waals surface area contributed by atoms with Crippen LogP contribution < -0.4 is 10.0 Å². The quantitative estimate of drug-likeness (QED) is 0.768. The van der Waals surface area contributed by atoms with Gasteiger partial charge in [-0.25, -0.2) is 13.1 Å². The normalized spacial score (nSPS) is 29.8. The summed E-state index contributed by atoms with van der Waals surface area (Å²) in [6, 6.07) is 1.22. The molecule has 0 aromatic carbocycles. The summed E-state index contributed by atoms with van der Waals surface area (Å²) >= 11 is 1.11. The molecule has 1 saturated heterocycles. The highest BCUT2D eigenvalue weighted by molar-refractivity contribution is 7.89. The highest BCUT2D eigenvalue weighted by Gasteiger charge is 2.55. The molecule has 1 aromatic heterocycles. The second-order valence-corrected chi connectivity index (χ2v) is 8.41. The van der Waals surface area contributed by atoms with Crippen LogP contribution in [0.1, 0.15) is 16.1 Å². The first-order chi connectivity index (χ1) is 11.0. The van der Waals surface area contributed by atoms with Gasteiger partial charge in [0.15, 0.2) is 0 Å². The Morgan fingerprint density at radius 1 is 1.52 bits per heavy atom. The van der Waals surface area contributed by atoms with Gasteiger partial charge in [0.25, 0.3) is 5.91 Å². The number of amides is 1. The van der Waals surface area contributed by atoms with Crippen molar-refractivity contribution in [2.45, 2.75) is 23.5 Å². The van der Waals surface area contributed by atoms with E-state index < -0.39 is 10.0 Å². The summed E-state index contributed by atoms with van der Waals surface area (Å²) in [7, 11) is -0.550. The Morgan fingerprint density at radius 3 is 3.00 bits per heavy atom. The summed E-state index contributed by atoms with van der Waals surface area (Å²) < 4.78 is 38.8. The summed E-state index contributed by atoms with van der Waals surface area (Å²) in [5, 5.41) is 3.97. The third-order valence-electron chi connectivity index (χ3n) is 4.51. The molecule has 2 N–H and O–H groups in total. The number of carbonyl (C=O) groups excluding carboxylic acids is 1. The van der Waals surface area contributed by atoms with Gasteiger partial charge >= 0.3 is 0 Å². The van der Waals surface area contributed by atoms with E-state index in [0.29, 0.717) is 18.1 Å². The van der Waals surface area contributed by atoms with E-state index in [1.807, 2.05) is 0 Å². The Morgan fingerprint density at radius 2 is 2.30 bits per heavy atom. The van der Waals surface area contributed by atoms with Crippen LogP contribution in [-0.4, -0.2) is 53.8 Å². The van der Waals surface area contributed by atoms with Crippen molar-refractivity contribution < 1.29 is 22.7 Å². The van der Waals surface area contributed by atoms with Gasteiger partial charge in [-0.15, -0.1) is 11.3 Å². The van der Waals surface area contributed by atoms with E-state index in [-0.39, 0.29) is 34.8 Å². The molecular formula is C14H20N2O5S2. The fraction of sp³-hybridized carbons (Fsp3) is 0.643. The fourth-order valence-corrected chi connectivity index (χ4v) is 5.90. The van der Waals surface area contributed by atoms with Crippen LogP contribution in [0.2, 0.25) is 0 Å². The van der Waals surface area contributed by atoms with Crippen molar-refractivity contribution in [1.29, 1.82) is 0 Å². The standard InChI is InChI=1S/C14H20N2O5S2/c1-15-14(17)11-5-8(7-22-11)23(18,19)16-12-9-3-4-21-13(9)10(12)6-20-2/h5,7,9-10,12-13,16H,3-4,6H2,1-2H3,(H,15,17)/t9-,10+,12-,13-/m0/s1. The minimum Gasteiger partial charge on any atom is -0.384 e. The number of thiophene rings is 1. The van der Waals surface area contributed by atoms with Crippen molar-refractivity contribution in [1.82, 2.24) is 10.0 Å². The number of hydrogen-bond acceptors (Lipinski definition) is 6. The second kappa shape index (κ2) is 6.48. The van der Waals surface area contributed by atoms with Crippen molar-refractivity contribution >= 4 is 27.3 Å². The van der Waals surface area contributed by atoms with Gasteiger partial charge in [0, 0.05) is 44.0 Å². The molecule has 2 fully saturated rings. The number of hydrogen-bond donors (Lipinski definition) is 2. The van der Waals surface area contributed by atoms with Crippen LogP contribution in [0.4, 0.5) is 0 Å². The molecule has 9 heteroatoms. The first kappa shape index (κ1) is 16.8. The maximum Gasteiger partial charge on any atom is 0.261 e. The zero-order valence-electron chi connectivity index (χ0n) is 12.9. The van der Waals surface area contributed by atoms with Gasteiger partial charge in [-0.2, -0.15) is 0 Å². The molecule has 2 aliphatic rings. The predicted molar refractivity (Wildman–Crippen MR) is 85.0 cm³/mol.